The molecule has 0 aliphatic carbocycles. The Morgan fingerprint density at radius 1 is 0.966 bits per heavy atom. The summed E-state index contributed by atoms with van der Waals surface area (Å²) < 4.78 is 6.86. The molecule has 0 aromatic heterocycles. The van der Waals surface area contributed by atoms with Crippen LogP contribution in [0.4, 0.5) is 0 Å². The van der Waals surface area contributed by atoms with Gasteiger partial charge in [0.25, 0.3) is 11.8 Å². The van der Waals surface area contributed by atoms with E-state index < -0.39 is 11.8 Å². The van der Waals surface area contributed by atoms with Crippen molar-refractivity contribution in [2.45, 2.75) is 6.61 Å². The second kappa shape index (κ2) is 8.14. The maximum Gasteiger partial charge on any atom is 0.263 e. The molecule has 0 unspecified atom stereocenters. The molecule has 5 nitrogen and oxygen atoms in total. The van der Waals surface area contributed by atoms with Gasteiger partial charge in [-0.1, -0.05) is 58.4 Å². The van der Waals surface area contributed by atoms with Crippen LogP contribution in [0.1, 0.15) is 11.1 Å². The lowest BCUT2D eigenvalue weighted by atomic mass is 10.1. The highest BCUT2D eigenvalue weighted by Gasteiger charge is 2.26. The van der Waals surface area contributed by atoms with Gasteiger partial charge in [-0.25, -0.2) is 0 Å². The predicted molar refractivity (Wildman–Crippen MR) is 119 cm³/mol. The molecule has 0 saturated carbocycles. The number of amides is 2. The lowest BCUT2D eigenvalue weighted by Crippen LogP contribution is -2.51. The van der Waals surface area contributed by atoms with Gasteiger partial charge in [-0.2, -0.15) is 0 Å². The molecule has 1 fully saturated rings. The minimum absolute atomic E-state index is 0.00109. The summed E-state index contributed by atoms with van der Waals surface area (Å²) in [6.07, 6.45) is 1.50. The van der Waals surface area contributed by atoms with Crippen LogP contribution in [0.25, 0.3) is 16.8 Å². The third-order valence-electron chi connectivity index (χ3n) is 4.48. The summed E-state index contributed by atoms with van der Waals surface area (Å²) >= 11 is 8.26. The van der Waals surface area contributed by atoms with Crippen molar-refractivity contribution in [3.8, 4) is 5.75 Å². The van der Waals surface area contributed by atoms with Crippen molar-refractivity contribution < 1.29 is 14.3 Å². The van der Waals surface area contributed by atoms with Gasteiger partial charge in [-0.15, -0.1) is 0 Å². The molecule has 3 aromatic carbocycles. The molecule has 1 aliphatic heterocycles. The van der Waals surface area contributed by atoms with Crippen LogP contribution in [0.2, 0.25) is 0 Å². The number of thiocarbonyl (C=S) groups is 1. The van der Waals surface area contributed by atoms with Crippen molar-refractivity contribution in [3.05, 3.63) is 81.8 Å². The number of rotatable bonds is 4. The minimum Gasteiger partial charge on any atom is -0.488 e. The molecule has 1 heterocycles. The summed E-state index contributed by atoms with van der Waals surface area (Å²) in [5.41, 5.74) is 1.61. The Kier molecular flexibility index (Phi) is 5.42. The van der Waals surface area contributed by atoms with Crippen molar-refractivity contribution in [2.75, 3.05) is 0 Å². The van der Waals surface area contributed by atoms with Crippen LogP contribution >= 0.6 is 28.1 Å². The van der Waals surface area contributed by atoms with Gasteiger partial charge in [0.1, 0.15) is 17.9 Å². The third kappa shape index (κ3) is 4.21. The summed E-state index contributed by atoms with van der Waals surface area (Å²) in [5.74, 6) is -0.528. The van der Waals surface area contributed by atoms with Gasteiger partial charge >= 0.3 is 0 Å². The molecule has 144 valence electrons. The van der Waals surface area contributed by atoms with Crippen molar-refractivity contribution in [3.63, 3.8) is 0 Å². The van der Waals surface area contributed by atoms with Gasteiger partial charge in [-0.05, 0) is 52.8 Å². The van der Waals surface area contributed by atoms with Crippen molar-refractivity contribution in [2.24, 2.45) is 0 Å². The van der Waals surface area contributed by atoms with Crippen LogP contribution in [-0.2, 0) is 16.2 Å². The standard InChI is InChI=1S/C22H15BrN2O3S/c23-16-8-9-19(15(10-16)11-18-20(26)24-22(29)25-21(18)27)28-12-14-6-3-5-13-4-1-2-7-17(13)14/h1-11H,12H2,(H2,24,25,26,27,29). The molecule has 29 heavy (non-hydrogen) atoms. The highest BCUT2D eigenvalue weighted by atomic mass is 79.9. The number of ether oxygens (including phenoxy) is 1. The number of benzene rings is 3. The smallest absolute Gasteiger partial charge is 0.263 e. The number of carbonyl (C=O) groups excluding carboxylic acids is 2. The van der Waals surface area contributed by atoms with E-state index in [-0.39, 0.29) is 10.7 Å². The van der Waals surface area contributed by atoms with E-state index in [1.54, 1.807) is 12.1 Å². The number of nitrogens with one attached hydrogen (secondary N) is 2. The van der Waals surface area contributed by atoms with E-state index in [9.17, 15) is 9.59 Å². The first kappa shape index (κ1) is 19.3. The molecular formula is C22H15BrN2O3S. The van der Waals surface area contributed by atoms with Crippen molar-refractivity contribution in [1.82, 2.24) is 10.6 Å². The molecule has 4 rings (SSSR count). The Bertz CT molecular complexity index is 1160. The monoisotopic (exact) mass is 466 g/mol. The summed E-state index contributed by atoms with van der Waals surface area (Å²) in [6, 6.07) is 19.6. The average molecular weight is 467 g/mol. The Morgan fingerprint density at radius 2 is 1.69 bits per heavy atom. The zero-order valence-corrected chi connectivity index (χ0v) is 17.5. The highest BCUT2D eigenvalue weighted by Crippen LogP contribution is 2.28. The molecular weight excluding hydrogens is 452 g/mol. The van der Waals surface area contributed by atoms with Crippen LogP contribution in [-0.4, -0.2) is 16.9 Å². The normalized spacial score (nSPS) is 13.8. The summed E-state index contributed by atoms with van der Waals surface area (Å²) in [5, 5.41) is 7.12. The minimum atomic E-state index is -0.543. The SMILES string of the molecule is O=C1NC(=S)NC(=O)C1=Cc1cc(Br)ccc1OCc1cccc2ccccc12. The van der Waals surface area contributed by atoms with E-state index in [1.165, 1.54) is 6.08 Å². The number of hydrogen-bond acceptors (Lipinski definition) is 4. The molecule has 1 saturated heterocycles. The molecule has 3 aromatic rings. The summed E-state index contributed by atoms with van der Waals surface area (Å²) in [4.78, 5) is 24.3. The van der Waals surface area contributed by atoms with Gasteiger partial charge in [-0.3, -0.25) is 20.2 Å². The second-order valence-corrected chi connectivity index (χ2v) is 7.73. The fourth-order valence-electron chi connectivity index (χ4n) is 3.10. The third-order valence-corrected chi connectivity index (χ3v) is 5.18. The van der Waals surface area contributed by atoms with Crippen LogP contribution in [0, 0.1) is 0 Å². The van der Waals surface area contributed by atoms with Crippen LogP contribution < -0.4 is 15.4 Å². The fourth-order valence-corrected chi connectivity index (χ4v) is 3.66. The first-order valence-corrected chi connectivity index (χ1v) is 9.99. The topological polar surface area (TPSA) is 67.4 Å². The molecule has 0 bridgehead atoms. The zero-order chi connectivity index (χ0) is 20.4. The molecule has 0 radical (unpaired) electrons. The van der Waals surface area contributed by atoms with E-state index in [4.69, 9.17) is 17.0 Å². The van der Waals surface area contributed by atoms with Gasteiger partial charge in [0, 0.05) is 10.0 Å². The molecule has 1 aliphatic rings. The van der Waals surface area contributed by atoms with Crippen LogP contribution in [0.3, 0.4) is 0 Å². The second-order valence-electron chi connectivity index (χ2n) is 6.40. The van der Waals surface area contributed by atoms with Crippen molar-refractivity contribution in [1.29, 1.82) is 0 Å². The van der Waals surface area contributed by atoms with E-state index >= 15 is 0 Å². The molecule has 0 atom stereocenters. The van der Waals surface area contributed by atoms with Gasteiger partial charge < -0.3 is 4.74 Å². The first-order valence-electron chi connectivity index (χ1n) is 8.78. The molecule has 0 spiro atoms. The number of carbonyl (C=O) groups is 2. The Morgan fingerprint density at radius 3 is 2.48 bits per heavy atom. The molecule has 2 N–H and O–H groups in total. The van der Waals surface area contributed by atoms with E-state index in [0.29, 0.717) is 17.9 Å². The lowest BCUT2D eigenvalue weighted by molar-refractivity contribution is -0.123. The van der Waals surface area contributed by atoms with Crippen LogP contribution in [0.15, 0.2) is 70.7 Å². The van der Waals surface area contributed by atoms with Gasteiger partial charge in [0.05, 0.1) is 0 Å². The number of halogens is 1. The Hall–Kier alpha value is -3.03. The largest absolute Gasteiger partial charge is 0.488 e. The quantitative estimate of drug-likeness (QED) is 0.345. The molecule has 2 amide bonds. The van der Waals surface area contributed by atoms with Gasteiger partial charge in [0.15, 0.2) is 5.11 Å². The summed E-state index contributed by atoms with van der Waals surface area (Å²) in [6.45, 7) is 0.349. The van der Waals surface area contributed by atoms with Gasteiger partial charge in [0.2, 0.25) is 0 Å². The highest BCUT2D eigenvalue weighted by molar-refractivity contribution is 9.10. The zero-order valence-electron chi connectivity index (χ0n) is 15.1. The lowest BCUT2D eigenvalue weighted by Gasteiger charge is -2.17. The van der Waals surface area contributed by atoms with E-state index in [1.807, 2.05) is 30.3 Å². The fraction of sp³-hybridized carbons (Fsp3) is 0.0455. The average Bonchev–Trinajstić information content (AvgIpc) is 2.70. The molecule has 7 heteroatoms. The maximum atomic E-state index is 12.2. The van der Waals surface area contributed by atoms with E-state index in [0.717, 1.165) is 20.8 Å². The first-order chi connectivity index (χ1) is 14.0. The van der Waals surface area contributed by atoms with E-state index in [2.05, 4.69) is 44.8 Å². The number of fused-ring (bicyclic) bond motifs is 1. The maximum absolute atomic E-state index is 12.2. The van der Waals surface area contributed by atoms with Crippen LogP contribution in [0.5, 0.6) is 5.75 Å². The van der Waals surface area contributed by atoms with Crippen molar-refractivity contribution >= 4 is 61.9 Å². The Balaban J connectivity index is 1.65. The Labute approximate surface area is 180 Å². The predicted octanol–water partition coefficient (Wildman–Crippen LogP) is 4.10. The summed E-state index contributed by atoms with van der Waals surface area (Å²) in [7, 11) is 0. The number of hydrogen-bond donors (Lipinski definition) is 2.